The lowest BCUT2D eigenvalue weighted by molar-refractivity contribution is 0.106. The molecule has 0 aliphatic carbocycles. The van der Waals surface area contributed by atoms with Gasteiger partial charge in [0.1, 0.15) is 0 Å². The van der Waals surface area contributed by atoms with Gasteiger partial charge in [0, 0.05) is 0 Å². The summed E-state index contributed by atoms with van der Waals surface area (Å²) in [4.78, 5) is 0. The van der Waals surface area contributed by atoms with Crippen LogP contribution in [0.15, 0.2) is 0 Å². The minimum atomic E-state index is -4.47. The molecule has 0 aliphatic rings. The molecule has 0 rings (SSSR count). The first kappa shape index (κ1) is 12.3. The number of hydrogen-bond donors (Lipinski definition) is 0. The van der Waals surface area contributed by atoms with E-state index in [0.717, 1.165) is 0 Å². The van der Waals surface area contributed by atoms with Gasteiger partial charge < -0.3 is 9.05 Å². The summed E-state index contributed by atoms with van der Waals surface area (Å²) in [6.45, 7) is 2.57. The minimum absolute atomic E-state index is 0.139. The van der Waals surface area contributed by atoms with E-state index in [9.17, 15) is 13.3 Å². The Labute approximate surface area is 74.5 Å². The van der Waals surface area contributed by atoms with E-state index in [2.05, 4.69) is 20.6 Å². The van der Waals surface area contributed by atoms with Gasteiger partial charge in [0.2, 0.25) is 0 Å². The van der Waals surface area contributed by atoms with E-state index < -0.39 is 12.7 Å². The van der Waals surface area contributed by atoms with Crippen LogP contribution in [0.5, 0.6) is 0 Å². The van der Waals surface area contributed by atoms with E-state index in [1.807, 2.05) is 0 Å². The topological polar surface area (TPSA) is 35.5 Å². The van der Waals surface area contributed by atoms with Crippen LogP contribution < -0.4 is 0 Å². The summed E-state index contributed by atoms with van der Waals surface area (Å²) < 4.78 is 44.5. The Morgan fingerprint density at radius 2 is 1.67 bits per heavy atom. The summed E-state index contributed by atoms with van der Waals surface area (Å²) in [7, 11) is -4.47. The second kappa shape index (κ2) is 4.51. The molecule has 0 radical (unpaired) electrons. The molecule has 0 spiro atoms. The molecule has 0 saturated heterocycles. The molecule has 7 heteroatoms. The minimum Gasteiger partial charge on any atom is -0.304 e. The van der Waals surface area contributed by atoms with Gasteiger partial charge in [-0.05, 0) is 25.4 Å². The molecule has 74 valence electrons. The zero-order valence-corrected chi connectivity index (χ0v) is 8.37. The molecule has 3 nitrogen and oxygen atoms in total. The molecule has 12 heavy (non-hydrogen) atoms. The van der Waals surface area contributed by atoms with Crippen LogP contribution >= 0.6 is 19.2 Å². The van der Waals surface area contributed by atoms with Crippen molar-refractivity contribution in [1.29, 1.82) is 0 Å². The van der Waals surface area contributed by atoms with Crippen molar-refractivity contribution in [3.8, 4) is 0 Å². The van der Waals surface area contributed by atoms with Gasteiger partial charge in [-0.1, -0.05) is 0 Å². The SMILES string of the molecule is CCOP(=O)(OCC)C(F)(F)Cl. The zero-order valence-electron chi connectivity index (χ0n) is 6.72. The van der Waals surface area contributed by atoms with Gasteiger partial charge in [0.15, 0.2) is 0 Å². The van der Waals surface area contributed by atoms with Crippen molar-refractivity contribution in [1.82, 2.24) is 0 Å². The number of rotatable bonds is 5. The highest BCUT2D eigenvalue weighted by Gasteiger charge is 2.51. The van der Waals surface area contributed by atoms with Crippen LogP contribution in [-0.4, -0.2) is 18.3 Å². The standard InChI is InChI=1S/C5H10ClF2O3P/c1-3-10-12(9,11-4-2)5(6,7)8/h3-4H2,1-2H3. The monoisotopic (exact) mass is 222 g/mol. The predicted octanol–water partition coefficient (Wildman–Crippen LogP) is 3.04. The van der Waals surface area contributed by atoms with Crippen molar-refractivity contribution in [2.75, 3.05) is 13.2 Å². The molecule has 0 atom stereocenters. The Kier molecular flexibility index (Phi) is 4.62. The summed E-state index contributed by atoms with van der Waals surface area (Å²) >= 11 is 4.55. The van der Waals surface area contributed by atoms with Crippen LogP contribution in [0, 0.1) is 0 Å². The number of hydrogen-bond acceptors (Lipinski definition) is 3. The molecule has 0 saturated carbocycles. The average molecular weight is 223 g/mol. The molecule has 0 amide bonds. The van der Waals surface area contributed by atoms with Crippen LogP contribution in [-0.2, 0) is 13.6 Å². The third-order valence-electron chi connectivity index (χ3n) is 0.909. The van der Waals surface area contributed by atoms with Gasteiger partial charge in [0.05, 0.1) is 13.2 Å². The summed E-state index contributed by atoms with van der Waals surface area (Å²) in [6, 6.07) is 0. The van der Waals surface area contributed by atoms with E-state index >= 15 is 0 Å². The molecule has 0 heterocycles. The first-order valence-electron chi connectivity index (χ1n) is 3.33. The van der Waals surface area contributed by atoms with Gasteiger partial charge in [-0.3, -0.25) is 4.57 Å². The average Bonchev–Trinajstić information content (AvgIpc) is 1.86. The zero-order chi connectivity index (χ0) is 9.83. The molecular weight excluding hydrogens is 212 g/mol. The Bertz CT molecular complexity index is 172. The maximum Gasteiger partial charge on any atom is 0.421 e. The third-order valence-corrected chi connectivity index (χ3v) is 3.35. The van der Waals surface area contributed by atoms with E-state index in [1.54, 1.807) is 0 Å². The maximum absolute atomic E-state index is 12.4. The smallest absolute Gasteiger partial charge is 0.304 e. The van der Waals surface area contributed by atoms with Crippen molar-refractivity contribution in [2.24, 2.45) is 0 Å². The number of alkyl halides is 3. The van der Waals surface area contributed by atoms with Gasteiger partial charge in [0.25, 0.3) is 0 Å². The number of halogens is 3. The largest absolute Gasteiger partial charge is 0.421 e. The lowest BCUT2D eigenvalue weighted by Crippen LogP contribution is -2.12. The van der Waals surface area contributed by atoms with Crippen LogP contribution in [0.1, 0.15) is 13.8 Å². The first-order chi connectivity index (χ1) is 5.37. The lowest BCUT2D eigenvalue weighted by atomic mass is 10.9. The molecule has 0 bridgehead atoms. The fraction of sp³-hybridized carbons (Fsp3) is 1.00. The molecule has 0 aromatic heterocycles. The normalized spacial score (nSPS) is 13.4. The third kappa shape index (κ3) is 2.98. The van der Waals surface area contributed by atoms with Crippen LogP contribution in [0.25, 0.3) is 0 Å². The van der Waals surface area contributed by atoms with Gasteiger partial charge >= 0.3 is 12.7 Å². The predicted molar refractivity (Wildman–Crippen MR) is 41.7 cm³/mol. The highest BCUT2D eigenvalue weighted by Crippen LogP contribution is 2.63. The van der Waals surface area contributed by atoms with Crippen LogP contribution in [0.4, 0.5) is 8.78 Å². The molecular formula is C5H10ClF2O3P. The highest BCUT2D eigenvalue weighted by atomic mass is 35.5. The summed E-state index contributed by atoms with van der Waals surface area (Å²) in [6.07, 6.45) is 0. The van der Waals surface area contributed by atoms with E-state index in [1.165, 1.54) is 13.8 Å². The summed E-state index contributed by atoms with van der Waals surface area (Å²) in [5.74, 6) is 0. The van der Waals surface area contributed by atoms with Gasteiger partial charge in [-0.15, -0.1) is 0 Å². The van der Waals surface area contributed by atoms with Crippen LogP contribution in [0.3, 0.4) is 0 Å². The quantitative estimate of drug-likeness (QED) is 0.530. The van der Waals surface area contributed by atoms with E-state index in [-0.39, 0.29) is 13.2 Å². The Hall–Kier alpha value is 0.300. The fourth-order valence-electron chi connectivity index (χ4n) is 0.524. The van der Waals surface area contributed by atoms with E-state index in [0.29, 0.717) is 0 Å². The fourth-order valence-corrected chi connectivity index (χ4v) is 1.86. The van der Waals surface area contributed by atoms with Crippen molar-refractivity contribution in [3.05, 3.63) is 0 Å². The Morgan fingerprint density at radius 1 is 1.33 bits per heavy atom. The molecule has 0 aliphatic heterocycles. The maximum atomic E-state index is 12.4. The van der Waals surface area contributed by atoms with Crippen molar-refractivity contribution >= 4 is 19.2 Å². The van der Waals surface area contributed by atoms with Crippen molar-refractivity contribution in [2.45, 2.75) is 19.0 Å². The molecule has 0 fully saturated rings. The second-order valence-electron chi connectivity index (χ2n) is 1.80. The van der Waals surface area contributed by atoms with Crippen molar-refractivity contribution in [3.63, 3.8) is 0 Å². The van der Waals surface area contributed by atoms with Crippen molar-refractivity contribution < 1.29 is 22.4 Å². The van der Waals surface area contributed by atoms with E-state index in [4.69, 9.17) is 0 Å². The first-order valence-corrected chi connectivity index (χ1v) is 5.25. The molecule has 0 unspecified atom stereocenters. The Morgan fingerprint density at radius 3 is 1.83 bits per heavy atom. The van der Waals surface area contributed by atoms with Crippen LogP contribution in [0.2, 0.25) is 0 Å². The summed E-state index contributed by atoms with van der Waals surface area (Å²) in [5.41, 5.74) is 0. The molecule has 0 N–H and O–H groups in total. The Balaban J connectivity index is 4.51. The molecule has 0 aromatic rings. The summed E-state index contributed by atoms with van der Waals surface area (Å²) in [5, 5.41) is -3.96. The lowest BCUT2D eigenvalue weighted by Gasteiger charge is -2.20. The second-order valence-corrected chi connectivity index (χ2v) is 4.61. The van der Waals surface area contributed by atoms with Gasteiger partial charge in [-0.2, -0.15) is 8.78 Å². The highest BCUT2D eigenvalue weighted by molar-refractivity contribution is 7.57. The van der Waals surface area contributed by atoms with Gasteiger partial charge in [-0.25, -0.2) is 0 Å². The molecule has 0 aromatic carbocycles.